The zero-order valence-electron chi connectivity index (χ0n) is 15.4. The Bertz CT molecular complexity index is 497. The van der Waals surface area contributed by atoms with Gasteiger partial charge in [0.05, 0.1) is 12.6 Å². The van der Waals surface area contributed by atoms with Gasteiger partial charge in [-0.05, 0) is 25.3 Å². The van der Waals surface area contributed by atoms with Crippen molar-refractivity contribution in [3.63, 3.8) is 0 Å². The second kappa shape index (κ2) is 14.9. The maximum atomic E-state index is 11.5. The summed E-state index contributed by atoms with van der Waals surface area (Å²) in [6.07, 6.45) is 1.88. The average molecular weight is 462 g/mol. The smallest absolute Gasteiger partial charge is 0.239 e. The van der Waals surface area contributed by atoms with Crippen LogP contribution in [0.5, 0.6) is 0 Å². The van der Waals surface area contributed by atoms with Crippen LogP contribution < -0.4 is 16.0 Å². The Kier molecular flexibility index (Phi) is 14.1. The number of aliphatic imine (C=N–C) groups is 1. The summed E-state index contributed by atoms with van der Waals surface area (Å²) in [5, 5.41) is 8.97. The number of benzene rings is 1. The van der Waals surface area contributed by atoms with Gasteiger partial charge in [0.25, 0.3) is 0 Å². The lowest BCUT2D eigenvalue weighted by Gasteiger charge is -2.14. The monoisotopic (exact) mass is 462 g/mol. The summed E-state index contributed by atoms with van der Waals surface area (Å²) >= 11 is 0. The molecule has 0 saturated heterocycles. The summed E-state index contributed by atoms with van der Waals surface area (Å²) in [5.41, 5.74) is 1.18. The molecule has 1 atom stereocenters. The van der Waals surface area contributed by atoms with E-state index in [1.54, 1.807) is 7.05 Å². The maximum absolute atomic E-state index is 11.5. The van der Waals surface area contributed by atoms with E-state index >= 15 is 0 Å². The SMILES string of the molecule is CCCNC(=O)CNC(=NC)NCCCOC(C)c1ccccc1.I. The van der Waals surface area contributed by atoms with E-state index < -0.39 is 0 Å². The van der Waals surface area contributed by atoms with E-state index in [2.05, 4.69) is 40.0 Å². The van der Waals surface area contributed by atoms with Crippen LogP contribution in [0.25, 0.3) is 0 Å². The predicted molar refractivity (Wildman–Crippen MR) is 114 cm³/mol. The van der Waals surface area contributed by atoms with Gasteiger partial charge in [0, 0.05) is 26.7 Å². The van der Waals surface area contributed by atoms with Gasteiger partial charge in [0.1, 0.15) is 0 Å². The Morgan fingerprint density at radius 2 is 1.88 bits per heavy atom. The highest BCUT2D eigenvalue weighted by Gasteiger charge is 2.05. The lowest BCUT2D eigenvalue weighted by molar-refractivity contribution is -0.120. The molecular weight excluding hydrogens is 431 g/mol. The van der Waals surface area contributed by atoms with Crippen LogP contribution in [-0.4, -0.2) is 45.2 Å². The molecule has 1 unspecified atom stereocenters. The van der Waals surface area contributed by atoms with Crippen LogP contribution in [0.15, 0.2) is 35.3 Å². The van der Waals surface area contributed by atoms with Gasteiger partial charge in [0.15, 0.2) is 5.96 Å². The summed E-state index contributed by atoms with van der Waals surface area (Å²) in [7, 11) is 1.69. The lowest BCUT2D eigenvalue weighted by atomic mass is 10.1. The van der Waals surface area contributed by atoms with Crippen molar-refractivity contribution in [2.24, 2.45) is 4.99 Å². The largest absolute Gasteiger partial charge is 0.374 e. The molecule has 0 aliphatic rings. The number of amides is 1. The van der Waals surface area contributed by atoms with Crippen molar-refractivity contribution in [3.8, 4) is 0 Å². The zero-order chi connectivity index (χ0) is 17.6. The highest BCUT2D eigenvalue weighted by Crippen LogP contribution is 2.15. The molecule has 0 fully saturated rings. The van der Waals surface area contributed by atoms with Gasteiger partial charge in [-0.1, -0.05) is 37.3 Å². The number of halogens is 1. The van der Waals surface area contributed by atoms with Gasteiger partial charge in [-0.15, -0.1) is 24.0 Å². The van der Waals surface area contributed by atoms with Crippen molar-refractivity contribution in [2.45, 2.75) is 32.8 Å². The summed E-state index contributed by atoms with van der Waals surface area (Å²) in [4.78, 5) is 15.6. The normalized spacial score (nSPS) is 12.0. The molecule has 1 aromatic rings. The van der Waals surface area contributed by atoms with Crippen molar-refractivity contribution in [1.82, 2.24) is 16.0 Å². The second-order valence-electron chi connectivity index (χ2n) is 5.48. The van der Waals surface area contributed by atoms with Gasteiger partial charge in [0.2, 0.25) is 5.91 Å². The van der Waals surface area contributed by atoms with Crippen LogP contribution in [0.4, 0.5) is 0 Å². The van der Waals surface area contributed by atoms with E-state index in [0.717, 1.165) is 19.4 Å². The molecule has 0 radical (unpaired) electrons. The third-order valence-corrected chi connectivity index (χ3v) is 3.46. The van der Waals surface area contributed by atoms with E-state index in [4.69, 9.17) is 4.74 Å². The topological polar surface area (TPSA) is 74.8 Å². The molecule has 0 bridgehead atoms. The fourth-order valence-corrected chi connectivity index (χ4v) is 2.07. The van der Waals surface area contributed by atoms with Gasteiger partial charge >= 0.3 is 0 Å². The van der Waals surface area contributed by atoms with Crippen molar-refractivity contribution in [3.05, 3.63) is 35.9 Å². The standard InChI is InChI=1S/C18H30N4O2.HI/c1-4-11-20-17(23)14-22-18(19-3)21-12-8-13-24-15(2)16-9-6-5-7-10-16;/h5-7,9-10,15H,4,8,11-14H2,1-3H3,(H,20,23)(H2,19,21,22);1H. The van der Waals surface area contributed by atoms with E-state index in [1.165, 1.54) is 5.56 Å². The number of nitrogens with one attached hydrogen (secondary N) is 3. The molecule has 0 saturated carbocycles. The quantitative estimate of drug-likeness (QED) is 0.216. The molecule has 142 valence electrons. The molecule has 3 N–H and O–H groups in total. The summed E-state index contributed by atoms with van der Waals surface area (Å²) in [6, 6.07) is 10.2. The van der Waals surface area contributed by atoms with Crippen molar-refractivity contribution in [1.29, 1.82) is 0 Å². The van der Waals surface area contributed by atoms with E-state index in [9.17, 15) is 4.79 Å². The van der Waals surface area contributed by atoms with Gasteiger partial charge in [-0.2, -0.15) is 0 Å². The first kappa shape index (κ1) is 23.6. The Morgan fingerprint density at radius 1 is 1.16 bits per heavy atom. The summed E-state index contributed by atoms with van der Waals surface area (Å²) < 4.78 is 5.82. The molecule has 0 spiro atoms. The van der Waals surface area contributed by atoms with E-state index in [0.29, 0.717) is 19.1 Å². The number of nitrogens with zero attached hydrogens (tertiary/aromatic N) is 1. The minimum Gasteiger partial charge on any atom is -0.374 e. The third kappa shape index (κ3) is 11.0. The van der Waals surface area contributed by atoms with Crippen LogP contribution in [0.2, 0.25) is 0 Å². The second-order valence-corrected chi connectivity index (χ2v) is 5.48. The molecule has 7 heteroatoms. The number of carbonyl (C=O) groups excluding carboxylic acids is 1. The van der Waals surface area contributed by atoms with Crippen molar-refractivity contribution >= 4 is 35.8 Å². The highest BCUT2D eigenvalue weighted by atomic mass is 127. The van der Waals surface area contributed by atoms with Crippen LogP contribution in [0.3, 0.4) is 0 Å². The lowest BCUT2D eigenvalue weighted by Crippen LogP contribution is -2.43. The molecule has 1 rings (SSSR count). The number of rotatable bonds is 10. The summed E-state index contributed by atoms with van der Waals surface area (Å²) in [5.74, 6) is 0.595. The number of guanidine groups is 1. The van der Waals surface area contributed by atoms with Gasteiger partial charge in [-0.3, -0.25) is 9.79 Å². The zero-order valence-corrected chi connectivity index (χ0v) is 17.7. The van der Waals surface area contributed by atoms with Crippen LogP contribution in [0.1, 0.15) is 38.4 Å². The number of hydrogen-bond acceptors (Lipinski definition) is 3. The number of carbonyl (C=O) groups is 1. The van der Waals surface area contributed by atoms with Crippen LogP contribution >= 0.6 is 24.0 Å². The fourth-order valence-electron chi connectivity index (χ4n) is 2.07. The number of hydrogen-bond donors (Lipinski definition) is 3. The molecule has 0 aliphatic carbocycles. The van der Waals surface area contributed by atoms with Crippen molar-refractivity contribution < 1.29 is 9.53 Å². The molecule has 25 heavy (non-hydrogen) atoms. The molecular formula is C18H31IN4O2. The Morgan fingerprint density at radius 3 is 2.52 bits per heavy atom. The minimum absolute atomic E-state index is 0. The third-order valence-electron chi connectivity index (χ3n) is 3.46. The highest BCUT2D eigenvalue weighted by molar-refractivity contribution is 14.0. The molecule has 0 heterocycles. The Hall–Kier alpha value is -1.35. The predicted octanol–water partition coefficient (Wildman–Crippen LogP) is 2.46. The first-order valence-electron chi connectivity index (χ1n) is 8.55. The molecule has 1 aromatic carbocycles. The first-order chi connectivity index (χ1) is 11.7. The molecule has 6 nitrogen and oxygen atoms in total. The van der Waals surface area contributed by atoms with Gasteiger partial charge < -0.3 is 20.7 Å². The van der Waals surface area contributed by atoms with Gasteiger partial charge in [-0.25, -0.2) is 0 Å². The average Bonchev–Trinajstić information content (AvgIpc) is 2.62. The number of ether oxygens (including phenoxy) is 1. The first-order valence-corrected chi connectivity index (χ1v) is 8.55. The Labute approximate surface area is 168 Å². The van der Waals surface area contributed by atoms with E-state index in [1.807, 2.05) is 25.1 Å². The Balaban J connectivity index is 0.00000576. The summed E-state index contributed by atoms with van der Waals surface area (Å²) in [6.45, 7) is 6.40. The van der Waals surface area contributed by atoms with Crippen molar-refractivity contribution in [2.75, 3.05) is 33.3 Å². The van der Waals surface area contributed by atoms with Crippen LogP contribution in [-0.2, 0) is 9.53 Å². The molecule has 1 amide bonds. The minimum atomic E-state index is -0.0279. The van der Waals surface area contributed by atoms with E-state index in [-0.39, 0.29) is 42.5 Å². The van der Waals surface area contributed by atoms with Crippen LogP contribution in [0, 0.1) is 0 Å². The maximum Gasteiger partial charge on any atom is 0.239 e. The molecule has 0 aliphatic heterocycles. The fraction of sp³-hybridized carbons (Fsp3) is 0.556. The molecule has 0 aromatic heterocycles.